The van der Waals surface area contributed by atoms with Gasteiger partial charge in [-0.1, -0.05) is 24.3 Å². The summed E-state index contributed by atoms with van der Waals surface area (Å²) in [4.78, 5) is 27.1. The molecule has 1 aliphatic rings. The quantitative estimate of drug-likeness (QED) is 0.606. The third kappa shape index (κ3) is 6.05. The molecule has 8 nitrogen and oxygen atoms in total. The number of piperidine rings is 1. The fourth-order valence-electron chi connectivity index (χ4n) is 3.51. The molecular weight excluding hydrogens is 418 g/mol. The first-order chi connectivity index (χ1) is 14.9. The molecule has 2 N–H and O–H groups in total. The van der Waals surface area contributed by atoms with Crippen LogP contribution in [0.2, 0.25) is 0 Å². The van der Waals surface area contributed by atoms with Gasteiger partial charge in [-0.2, -0.15) is 0 Å². The lowest BCUT2D eigenvalue weighted by Gasteiger charge is -2.32. The molecule has 1 heterocycles. The number of carbonyl (C=O) groups is 2. The van der Waals surface area contributed by atoms with E-state index in [0.29, 0.717) is 37.5 Å². The molecular formula is C22H27N3O5S. The van der Waals surface area contributed by atoms with Crippen LogP contribution in [0.3, 0.4) is 0 Å². The lowest BCUT2D eigenvalue weighted by molar-refractivity contribution is -0.126. The molecule has 0 radical (unpaired) electrons. The first kappa shape index (κ1) is 22.8. The van der Waals surface area contributed by atoms with E-state index < -0.39 is 10.0 Å². The van der Waals surface area contributed by atoms with Crippen molar-refractivity contribution in [2.75, 3.05) is 38.1 Å². The van der Waals surface area contributed by atoms with Crippen LogP contribution < -0.4 is 10.0 Å². The standard InChI is InChI=1S/C22H27N3O5S/c1-30-14-12-23-21(26)18-8-6-13-25(16-18)22(27)17-7-5-9-19(15-17)24-31(28,29)20-10-3-2-4-11-20/h2-5,7,9-11,15,18,24H,6,8,12-14,16H2,1H3,(H,23,26). The van der Waals surface area contributed by atoms with Gasteiger partial charge in [-0.25, -0.2) is 8.42 Å². The fourth-order valence-corrected chi connectivity index (χ4v) is 4.58. The maximum atomic E-state index is 13.0. The van der Waals surface area contributed by atoms with Gasteiger partial charge in [0.25, 0.3) is 15.9 Å². The molecule has 2 aromatic carbocycles. The summed E-state index contributed by atoms with van der Waals surface area (Å²) in [5, 5.41) is 2.82. The van der Waals surface area contributed by atoms with Gasteiger partial charge in [0.1, 0.15) is 0 Å². The molecule has 0 bridgehead atoms. The summed E-state index contributed by atoms with van der Waals surface area (Å²) in [5.74, 6) is -0.580. The highest BCUT2D eigenvalue weighted by Gasteiger charge is 2.29. The number of carbonyl (C=O) groups excluding carboxylic acids is 2. The second kappa shape index (κ2) is 10.4. The molecule has 9 heteroatoms. The monoisotopic (exact) mass is 445 g/mol. The number of sulfonamides is 1. The molecule has 166 valence electrons. The summed E-state index contributed by atoms with van der Waals surface area (Å²) in [6.07, 6.45) is 1.45. The van der Waals surface area contributed by atoms with Crippen molar-refractivity contribution in [3.05, 3.63) is 60.2 Å². The Morgan fingerprint density at radius 3 is 2.65 bits per heavy atom. The predicted octanol–water partition coefficient (Wildman–Crippen LogP) is 2.10. The molecule has 2 aromatic rings. The van der Waals surface area contributed by atoms with Crippen LogP contribution in [0, 0.1) is 5.92 Å². The third-order valence-corrected chi connectivity index (χ3v) is 6.50. The third-order valence-electron chi connectivity index (χ3n) is 5.10. The Bertz CT molecular complexity index is 1010. The van der Waals surface area contributed by atoms with E-state index in [4.69, 9.17) is 4.74 Å². The van der Waals surface area contributed by atoms with Crippen molar-refractivity contribution in [3.63, 3.8) is 0 Å². The highest BCUT2D eigenvalue weighted by Crippen LogP contribution is 2.21. The summed E-state index contributed by atoms with van der Waals surface area (Å²) in [7, 11) is -2.18. The van der Waals surface area contributed by atoms with Gasteiger partial charge in [-0.3, -0.25) is 14.3 Å². The van der Waals surface area contributed by atoms with E-state index in [9.17, 15) is 18.0 Å². The number of nitrogens with one attached hydrogen (secondary N) is 2. The van der Waals surface area contributed by atoms with E-state index in [1.807, 2.05) is 0 Å². The van der Waals surface area contributed by atoms with E-state index in [-0.39, 0.29) is 22.6 Å². The highest BCUT2D eigenvalue weighted by atomic mass is 32.2. The van der Waals surface area contributed by atoms with Crippen LogP contribution in [0.25, 0.3) is 0 Å². The number of hydrogen-bond acceptors (Lipinski definition) is 5. The normalized spacial score (nSPS) is 16.5. The van der Waals surface area contributed by atoms with Crippen molar-refractivity contribution in [2.45, 2.75) is 17.7 Å². The van der Waals surface area contributed by atoms with E-state index in [0.717, 1.165) is 12.8 Å². The van der Waals surface area contributed by atoms with E-state index in [2.05, 4.69) is 10.0 Å². The maximum Gasteiger partial charge on any atom is 0.261 e. The Morgan fingerprint density at radius 2 is 1.90 bits per heavy atom. The first-order valence-corrected chi connectivity index (χ1v) is 11.6. The topological polar surface area (TPSA) is 105 Å². The lowest BCUT2D eigenvalue weighted by Crippen LogP contribution is -2.45. The van der Waals surface area contributed by atoms with E-state index >= 15 is 0 Å². The van der Waals surface area contributed by atoms with Gasteiger partial charge in [-0.15, -0.1) is 0 Å². The molecule has 1 unspecified atom stereocenters. The average molecular weight is 446 g/mol. The van der Waals surface area contributed by atoms with Gasteiger partial charge >= 0.3 is 0 Å². The highest BCUT2D eigenvalue weighted by molar-refractivity contribution is 7.92. The summed E-state index contributed by atoms with van der Waals surface area (Å²) < 4.78 is 32.6. The summed E-state index contributed by atoms with van der Waals surface area (Å²) in [5.41, 5.74) is 0.675. The maximum absolute atomic E-state index is 13.0. The fraction of sp³-hybridized carbons (Fsp3) is 0.364. The second-order valence-corrected chi connectivity index (χ2v) is 9.06. The number of anilines is 1. The van der Waals surface area contributed by atoms with Crippen LogP contribution in [0.4, 0.5) is 5.69 Å². The van der Waals surface area contributed by atoms with Gasteiger partial charge in [0, 0.05) is 38.0 Å². The number of likely N-dealkylation sites (tertiary alicyclic amines) is 1. The van der Waals surface area contributed by atoms with E-state index in [1.54, 1.807) is 48.4 Å². The van der Waals surface area contributed by atoms with Crippen LogP contribution in [0.5, 0.6) is 0 Å². The molecule has 31 heavy (non-hydrogen) atoms. The minimum absolute atomic E-state index is 0.0843. The van der Waals surface area contributed by atoms with Crippen molar-refractivity contribution in [1.29, 1.82) is 0 Å². The zero-order chi connectivity index (χ0) is 22.3. The minimum Gasteiger partial charge on any atom is -0.383 e. The molecule has 1 saturated heterocycles. The van der Waals surface area contributed by atoms with Gasteiger partial charge in [0.05, 0.1) is 17.4 Å². The lowest BCUT2D eigenvalue weighted by atomic mass is 9.96. The number of rotatable bonds is 8. The zero-order valence-electron chi connectivity index (χ0n) is 17.4. The molecule has 3 rings (SSSR count). The number of benzene rings is 2. The minimum atomic E-state index is -3.75. The molecule has 0 saturated carbocycles. The summed E-state index contributed by atoms with van der Waals surface area (Å²) in [6, 6.07) is 14.4. The van der Waals surface area contributed by atoms with Gasteiger partial charge < -0.3 is 15.0 Å². The van der Waals surface area contributed by atoms with Crippen LogP contribution >= 0.6 is 0 Å². The predicted molar refractivity (Wildman–Crippen MR) is 117 cm³/mol. The zero-order valence-corrected chi connectivity index (χ0v) is 18.2. The largest absolute Gasteiger partial charge is 0.383 e. The first-order valence-electron chi connectivity index (χ1n) is 10.1. The number of hydrogen-bond donors (Lipinski definition) is 2. The Morgan fingerprint density at radius 1 is 1.13 bits per heavy atom. The molecule has 0 spiro atoms. The van der Waals surface area contributed by atoms with Crippen molar-refractivity contribution in [3.8, 4) is 0 Å². The van der Waals surface area contributed by atoms with Crippen LogP contribution in [-0.4, -0.2) is 58.5 Å². The molecule has 1 fully saturated rings. The molecule has 2 amide bonds. The molecule has 1 atom stereocenters. The number of amides is 2. The van der Waals surface area contributed by atoms with Crippen LogP contribution in [0.1, 0.15) is 23.2 Å². The molecule has 0 aliphatic carbocycles. The Kier molecular flexibility index (Phi) is 7.64. The summed E-state index contributed by atoms with van der Waals surface area (Å²) in [6.45, 7) is 1.76. The molecule has 1 aliphatic heterocycles. The Balaban J connectivity index is 1.67. The van der Waals surface area contributed by atoms with Crippen molar-refractivity contribution in [2.24, 2.45) is 5.92 Å². The van der Waals surface area contributed by atoms with Gasteiger partial charge in [-0.05, 0) is 43.2 Å². The van der Waals surface area contributed by atoms with Crippen molar-refractivity contribution < 1.29 is 22.7 Å². The number of ether oxygens (including phenoxy) is 1. The summed E-state index contributed by atoms with van der Waals surface area (Å²) >= 11 is 0. The van der Waals surface area contributed by atoms with Gasteiger partial charge in [0.2, 0.25) is 5.91 Å². The number of nitrogens with zero attached hydrogens (tertiary/aromatic N) is 1. The SMILES string of the molecule is COCCNC(=O)C1CCCN(C(=O)c2cccc(NS(=O)(=O)c3ccccc3)c2)C1. The van der Waals surface area contributed by atoms with Crippen molar-refractivity contribution in [1.82, 2.24) is 10.2 Å². The van der Waals surface area contributed by atoms with Gasteiger partial charge in [0.15, 0.2) is 0 Å². The average Bonchev–Trinajstić information content (AvgIpc) is 2.79. The Hall–Kier alpha value is -2.91. The Labute approximate surface area is 182 Å². The van der Waals surface area contributed by atoms with Crippen molar-refractivity contribution >= 4 is 27.5 Å². The van der Waals surface area contributed by atoms with Crippen LogP contribution in [0.15, 0.2) is 59.5 Å². The van der Waals surface area contributed by atoms with E-state index in [1.165, 1.54) is 18.2 Å². The number of methoxy groups -OCH3 is 1. The molecule has 0 aromatic heterocycles. The smallest absolute Gasteiger partial charge is 0.261 e. The van der Waals surface area contributed by atoms with Crippen LogP contribution in [-0.2, 0) is 19.6 Å². The second-order valence-electron chi connectivity index (χ2n) is 7.37.